The number of ether oxygens (including phenoxy) is 2. The first-order valence-electron chi connectivity index (χ1n) is 11.8. The molecule has 0 aliphatic rings. The first kappa shape index (κ1) is 27.1. The van der Waals surface area contributed by atoms with Crippen LogP contribution in [0.25, 0.3) is 6.08 Å². The Kier molecular flexibility index (Phi) is 10.7. The average molecular weight is 469 g/mol. The summed E-state index contributed by atoms with van der Waals surface area (Å²) in [6.45, 7) is 11.4. The Morgan fingerprint density at radius 2 is 1.74 bits per heavy atom. The summed E-state index contributed by atoms with van der Waals surface area (Å²) in [5, 5.41) is 0. The summed E-state index contributed by atoms with van der Waals surface area (Å²) in [4.78, 5) is 40.5. The van der Waals surface area contributed by atoms with Gasteiger partial charge in [-0.2, -0.15) is 0 Å². The Labute approximate surface area is 202 Å². The van der Waals surface area contributed by atoms with Crippen molar-refractivity contribution < 1.29 is 23.9 Å². The summed E-state index contributed by atoms with van der Waals surface area (Å²) in [6.07, 6.45) is 3.85. The molecule has 0 saturated heterocycles. The van der Waals surface area contributed by atoms with Crippen molar-refractivity contribution in [3.8, 4) is 0 Å². The van der Waals surface area contributed by atoms with Gasteiger partial charge in [0.2, 0.25) is 5.91 Å². The first-order chi connectivity index (χ1) is 16.3. The molecule has 0 radical (unpaired) electrons. The van der Waals surface area contributed by atoms with Gasteiger partial charge in [-0.1, -0.05) is 30.3 Å². The first-order valence-corrected chi connectivity index (χ1v) is 11.8. The predicted molar refractivity (Wildman–Crippen MR) is 133 cm³/mol. The highest BCUT2D eigenvalue weighted by Crippen LogP contribution is 2.24. The van der Waals surface area contributed by atoms with E-state index in [0.29, 0.717) is 55.2 Å². The van der Waals surface area contributed by atoms with Crippen LogP contribution in [0.1, 0.15) is 64.9 Å². The molecule has 0 unspecified atom stereocenters. The number of aromatic nitrogens is 1. The summed E-state index contributed by atoms with van der Waals surface area (Å²) >= 11 is 0. The number of hydrogen-bond acceptors (Lipinski definition) is 5. The molecule has 0 saturated carbocycles. The van der Waals surface area contributed by atoms with Gasteiger partial charge in [-0.25, -0.2) is 4.79 Å². The zero-order valence-electron chi connectivity index (χ0n) is 20.9. The van der Waals surface area contributed by atoms with Crippen molar-refractivity contribution in [1.29, 1.82) is 0 Å². The molecule has 0 spiro atoms. The normalized spacial score (nSPS) is 11.1. The third-order valence-corrected chi connectivity index (χ3v) is 5.62. The molecule has 1 heterocycles. The summed E-state index contributed by atoms with van der Waals surface area (Å²) in [6, 6.07) is 9.53. The quantitative estimate of drug-likeness (QED) is 0.188. The Balaban J connectivity index is 2.29. The maximum Gasteiger partial charge on any atom is 0.355 e. The number of nitrogens with zero attached hydrogens (tertiary/aromatic N) is 2. The van der Waals surface area contributed by atoms with Gasteiger partial charge in [0.1, 0.15) is 5.69 Å². The van der Waals surface area contributed by atoms with E-state index < -0.39 is 5.97 Å². The molecule has 0 aliphatic heterocycles. The van der Waals surface area contributed by atoms with E-state index in [9.17, 15) is 14.4 Å². The smallest absolute Gasteiger partial charge is 0.355 e. The lowest BCUT2D eigenvalue weighted by molar-refractivity contribution is -0.125. The lowest BCUT2D eigenvalue weighted by Gasteiger charge is -2.21. The van der Waals surface area contributed by atoms with Gasteiger partial charge in [0.05, 0.1) is 13.2 Å². The Morgan fingerprint density at radius 1 is 1.03 bits per heavy atom. The van der Waals surface area contributed by atoms with Gasteiger partial charge in [0, 0.05) is 43.6 Å². The van der Waals surface area contributed by atoms with Crippen LogP contribution in [0.3, 0.4) is 0 Å². The lowest BCUT2D eigenvalue weighted by atomic mass is 10.0. The van der Waals surface area contributed by atoms with Crippen molar-refractivity contribution in [2.75, 3.05) is 32.9 Å². The minimum Gasteiger partial charge on any atom is -0.461 e. The van der Waals surface area contributed by atoms with Crippen LogP contribution in [-0.4, -0.2) is 60.0 Å². The van der Waals surface area contributed by atoms with Crippen LogP contribution in [0.2, 0.25) is 0 Å². The highest BCUT2D eigenvalue weighted by molar-refractivity contribution is 6.05. The van der Waals surface area contributed by atoms with Gasteiger partial charge >= 0.3 is 5.97 Å². The van der Waals surface area contributed by atoms with Crippen molar-refractivity contribution >= 4 is 23.7 Å². The number of hydrogen-bond donors (Lipinski definition) is 0. The Hall–Kier alpha value is -3.19. The molecular weight excluding hydrogens is 432 g/mol. The second-order valence-corrected chi connectivity index (χ2v) is 7.88. The van der Waals surface area contributed by atoms with Crippen molar-refractivity contribution in [1.82, 2.24) is 9.47 Å². The topological polar surface area (TPSA) is 77.8 Å². The number of esters is 1. The van der Waals surface area contributed by atoms with Crippen molar-refractivity contribution in [3.63, 3.8) is 0 Å². The van der Waals surface area contributed by atoms with Crippen LogP contribution in [0.4, 0.5) is 0 Å². The van der Waals surface area contributed by atoms with Crippen LogP contribution < -0.4 is 0 Å². The number of rotatable bonds is 13. The lowest BCUT2D eigenvalue weighted by Crippen LogP contribution is -2.36. The molecule has 1 aromatic carbocycles. The molecule has 0 fully saturated rings. The van der Waals surface area contributed by atoms with Crippen LogP contribution in [0.5, 0.6) is 0 Å². The average Bonchev–Trinajstić information content (AvgIpc) is 3.09. The molecule has 1 aromatic heterocycles. The third-order valence-electron chi connectivity index (χ3n) is 5.62. The molecule has 0 N–H and O–H groups in total. The van der Waals surface area contributed by atoms with E-state index >= 15 is 0 Å². The van der Waals surface area contributed by atoms with Gasteiger partial charge < -0.3 is 18.9 Å². The zero-order chi connectivity index (χ0) is 25.1. The second-order valence-electron chi connectivity index (χ2n) is 7.88. The minimum absolute atomic E-state index is 0.0816. The molecular formula is C27H36N2O5. The second kappa shape index (κ2) is 13.5. The van der Waals surface area contributed by atoms with Gasteiger partial charge in [0.25, 0.3) is 0 Å². The summed E-state index contributed by atoms with van der Waals surface area (Å²) in [5.74, 6) is -0.894. The van der Waals surface area contributed by atoms with E-state index in [0.717, 1.165) is 5.56 Å². The SMILES string of the molecule is CCOCCCN(CC(=O)c1c(C)c(C(=O)OCC)n(CC)c1C)C(=O)/C=C/c1ccccc1. The van der Waals surface area contributed by atoms with E-state index in [1.165, 1.54) is 11.0 Å². The molecule has 7 heteroatoms. The number of ketones is 1. The molecule has 184 valence electrons. The molecule has 0 bridgehead atoms. The van der Waals surface area contributed by atoms with Crippen molar-refractivity contribution in [3.05, 3.63) is 64.5 Å². The van der Waals surface area contributed by atoms with E-state index in [4.69, 9.17) is 9.47 Å². The molecule has 2 aromatic rings. The molecule has 34 heavy (non-hydrogen) atoms. The highest BCUT2D eigenvalue weighted by Gasteiger charge is 2.28. The minimum atomic E-state index is -0.445. The zero-order valence-corrected chi connectivity index (χ0v) is 20.9. The standard InChI is InChI=1S/C27H36N2O5/c1-6-29-21(5)25(20(4)26(29)27(32)34-8-3)23(30)19-28(17-12-18-33-7-2)24(31)16-15-22-13-10-9-11-14-22/h9-11,13-16H,6-8,12,17-19H2,1-5H3/b16-15+. The maximum atomic E-state index is 13.4. The number of benzene rings is 1. The van der Waals surface area contributed by atoms with Gasteiger partial charge in [0.15, 0.2) is 5.78 Å². The van der Waals surface area contributed by atoms with Crippen LogP contribution in [0.15, 0.2) is 36.4 Å². The van der Waals surface area contributed by atoms with Gasteiger partial charge in [-0.15, -0.1) is 0 Å². The van der Waals surface area contributed by atoms with Gasteiger partial charge in [-0.3, -0.25) is 9.59 Å². The molecule has 1 amide bonds. The van der Waals surface area contributed by atoms with Crippen molar-refractivity contribution in [2.24, 2.45) is 0 Å². The molecule has 0 atom stereocenters. The van der Waals surface area contributed by atoms with Crippen LogP contribution in [0, 0.1) is 13.8 Å². The van der Waals surface area contributed by atoms with Crippen LogP contribution >= 0.6 is 0 Å². The summed E-state index contributed by atoms with van der Waals surface area (Å²) < 4.78 is 12.4. The number of carbonyl (C=O) groups excluding carboxylic acids is 3. The fourth-order valence-electron chi connectivity index (χ4n) is 4.02. The number of carbonyl (C=O) groups is 3. The maximum absolute atomic E-state index is 13.4. The fourth-order valence-corrected chi connectivity index (χ4v) is 4.02. The molecule has 7 nitrogen and oxygen atoms in total. The number of amides is 1. The van der Waals surface area contributed by atoms with E-state index in [-0.39, 0.29) is 24.8 Å². The molecule has 2 rings (SSSR count). The largest absolute Gasteiger partial charge is 0.461 e. The summed E-state index contributed by atoms with van der Waals surface area (Å²) in [7, 11) is 0. The van der Waals surface area contributed by atoms with Crippen LogP contribution in [-0.2, 0) is 20.8 Å². The number of Topliss-reactive ketones (excluding diaryl/α,β-unsaturated/α-hetero) is 1. The molecule has 0 aliphatic carbocycles. The van der Waals surface area contributed by atoms with E-state index in [2.05, 4.69) is 0 Å². The van der Waals surface area contributed by atoms with E-state index in [1.807, 2.05) is 51.1 Å². The Morgan fingerprint density at radius 3 is 2.35 bits per heavy atom. The monoisotopic (exact) mass is 468 g/mol. The summed E-state index contributed by atoms with van der Waals surface area (Å²) in [5.41, 5.74) is 3.06. The highest BCUT2D eigenvalue weighted by atomic mass is 16.5. The van der Waals surface area contributed by atoms with Crippen molar-refractivity contribution in [2.45, 2.75) is 47.6 Å². The predicted octanol–water partition coefficient (Wildman–Crippen LogP) is 4.45. The fraction of sp³-hybridized carbons (Fsp3) is 0.444. The van der Waals surface area contributed by atoms with Gasteiger partial charge in [-0.05, 0) is 58.2 Å². The van der Waals surface area contributed by atoms with E-state index in [1.54, 1.807) is 24.5 Å². The third kappa shape index (κ3) is 6.90. The Bertz CT molecular complexity index is 1010.